The first-order chi connectivity index (χ1) is 7.70. The van der Waals surface area contributed by atoms with E-state index in [9.17, 15) is 5.21 Å². The van der Waals surface area contributed by atoms with Crippen LogP contribution in [0, 0.1) is 0 Å². The molecule has 1 aromatic heterocycles. The largest absolute Gasteiger partial charge is 0.287 e. The van der Waals surface area contributed by atoms with Gasteiger partial charge in [0, 0.05) is 11.9 Å². The van der Waals surface area contributed by atoms with E-state index in [-0.39, 0.29) is 0 Å². The molecule has 0 saturated heterocycles. The monoisotopic (exact) mass is 260 g/mol. The summed E-state index contributed by atoms with van der Waals surface area (Å²) in [5, 5.41) is 22.2. The molecule has 16 heavy (non-hydrogen) atoms. The van der Waals surface area contributed by atoms with Gasteiger partial charge in [-0.05, 0) is 18.2 Å². The number of anilines is 1. The fourth-order valence-electron chi connectivity index (χ4n) is 1.14. The first-order valence-corrected chi connectivity index (χ1v) is 5.74. The summed E-state index contributed by atoms with van der Waals surface area (Å²) in [6.07, 6.45) is 0. The Bertz CT molecular complexity index is 488. The van der Waals surface area contributed by atoms with Gasteiger partial charge >= 0.3 is 0 Å². The Balaban J connectivity index is 2.30. The summed E-state index contributed by atoms with van der Waals surface area (Å²) >= 11 is 2.24. The topological polar surface area (TPSA) is 75.1 Å². The van der Waals surface area contributed by atoms with Crippen molar-refractivity contribution in [2.45, 2.75) is 4.90 Å². The van der Waals surface area contributed by atoms with Crippen LogP contribution in [0.2, 0.25) is 0 Å². The van der Waals surface area contributed by atoms with Crippen LogP contribution in [0.4, 0.5) is 5.13 Å². The number of benzene rings is 1. The van der Waals surface area contributed by atoms with Crippen LogP contribution in [0.5, 0.6) is 0 Å². The molecule has 2 aromatic rings. The van der Waals surface area contributed by atoms with E-state index >= 15 is 0 Å². The second-order valence-electron chi connectivity index (χ2n) is 2.88. The van der Waals surface area contributed by atoms with Gasteiger partial charge in [0.1, 0.15) is 0 Å². The zero-order chi connectivity index (χ0) is 11.5. The van der Waals surface area contributed by atoms with Crippen molar-refractivity contribution in [3.05, 3.63) is 18.2 Å². The van der Waals surface area contributed by atoms with Crippen molar-refractivity contribution in [2.75, 3.05) is 12.1 Å². The molecule has 0 saturated carbocycles. The van der Waals surface area contributed by atoms with Crippen molar-refractivity contribution >= 4 is 38.7 Å². The second-order valence-corrected chi connectivity index (χ2v) is 4.66. The number of nitrogens with zero attached hydrogens (tertiary/aromatic N) is 2. The second kappa shape index (κ2) is 4.95. The minimum Gasteiger partial charge on any atom is -0.287 e. The van der Waals surface area contributed by atoms with Gasteiger partial charge in [0.05, 0.1) is 22.3 Å². The number of hydrogen-bond donors (Lipinski definition) is 2. The van der Waals surface area contributed by atoms with Crippen molar-refractivity contribution in [3.8, 4) is 0 Å². The summed E-state index contributed by atoms with van der Waals surface area (Å²) in [6.45, 7) is 0. The Morgan fingerprint density at radius 1 is 1.50 bits per heavy atom. The Hall–Kier alpha value is -0.900. The predicted molar refractivity (Wildman–Crippen MR) is 60.5 cm³/mol. The molecule has 0 aliphatic carbocycles. The van der Waals surface area contributed by atoms with Crippen molar-refractivity contribution < 1.29 is 19.8 Å². The van der Waals surface area contributed by atoms with Gasteiger partial charge in [-0.25, -0.2) is 15.3 Å². The number of fused-ring (bicyclic) bond motifs is 1. The molecule has 0 amide bonds. The van der Waals surface area contributed by atoms with Gasteiger partial charge in [0.15, 0.2) is 0 Å². The van der Waals surface area contributed by atoms with E-state index in [1.165, 1.54) is 18.4 Å². The molecule has 0 aliphatic heterocycles. The van der Waals surface area contributed by atoms with Gasteiger partial charge < -0.3 is 0 Å². The van der Waals surface area contributed by atoms with Gasteiger partial charge in [-0.3, -0.25) is 5.21 Å². The molecule has 0 atom stereocenters. The molecule has 0 aliphatic rings. The molecule has 2 N–H and O–H groups in total. The van der Waals surface area contributed by atoms with Crippen molar-refractivity contribution in [1.82, 2.24) is 4.98 Å². The number of thiazole rings is 1. The Kier molecular flexibility index (Phi) is 3.59. The summed E-state index contributed by atoms with van der Waals surface area (Å²) in [6, 6.07) is 5.41. The van der Waals surface area contributed by atoms with Crippen molar-refractivity contribution in [3.63, 3.8) is 0 Å². The molecule has 1 aromatic carbocycles. The normalized spacial score (nSPS) is 10.9. The molecule has 8 heteroatoms. The summed E-state index contributed by atoms with van der Waals surface area (Å²) in [7, 11) is 1.51. The van der Waals surface area contributed by atoms with E-state index < -0.39 is 0 Å². The summed E-state index contributed by atoms with van der Waals surface area (Å²) in [5.74, 6) is 0. The predicted octanol–water partition coefficient (Wildman–Crippen LogP) is 2.55. The molecule has 0 unspecified atom stereocenters. The maximum atomic E-state index is 9.23. The van der Waals surface area contributed by atoms with Crippen LogP contribution in [-0.4, -0.2) is 22.5 Å². The first kappa shape index (κ1) is 11.6. The number of hydroxylamine groups is 1. The lowest BCUT2D eigenvalue weighted by Crippen LogP contribution is -2.08. The van der Waals surface area contributed by atoms with Gasteiger partial charge in [-0.15, -0.1) is 4.33 Å². The van der Waals surface area contributed by atoms with Crippen LogP contribution in [0.15, 0.2) is 23.1 Å². The van der Waals surface area contributed by atoms with Gasteiger partial charge in [0.25, 0.3) is 0 Å². The zero-order valence-corrected chi connectivity index (χ0v) is 9.79. The fourth-order valence-corrected chi connectivity index (χ4v) is 2.35. The molecule has 0 radical (unpaired) electrons. The lowest BCUT2D eigenvalue weighted by molar-refractivity contribution is -0.432. The Morgan fingerprint density at radius 3 is 3.00 bits per heavy atom. The Labute approximate surface area is 99.1 Å². The zero-order valence-electron chi connectivity index (χ0n) is 8.15. The number of aromatic nitrogens is 1. The van der Waals surface area contributed by atoms with Crippen LogP contribution in [-0.2, 0) is 9.37 Å². The minimum atomic E-state index is 0.511. The first-order valence-electron chi connectivity index (χ1n) is 4.18. The molecule has 0 spiro atoms. The molecule has 1 heterocycles. The highest BCUT2D eigenvalue weighted by Crippen LogP contribution is 2.30. The van der Waals surface area contributed by atoms with Crippen LogP contribution >= 0.6 is 23.4 Å². The molecular formula is C8H8N2O4S2. The molecule has 86 valence electrons. The maximum absolute atomic E-state index is 9.23. The van der Waals surface area contributed by atoms with Crippen LogP contribution < -0.4 is 5.06 Å². The van der Waals surface area contributed by atoms with Gasteiger partial charge in [0.2, 0.25) is 5.13 Å². The van der Waals surface area contributed by atoms with E-state index in [4.69, 9.17) is 5.26 Å². The third-order valence-electron chi connectivity index (χ3n) is 1.79. The van der Waals surface area contributed by atoms with Crippen molar-refractivity contribution in [2.24, 2.45) is 0 Å². The molecule has 0 fully saturated rings. The maximum Gasteiger partial charge on any atom is 0.210 e. The highest BCUT2D eigenvalue weighted by atomic mass is 32.2. The van der Waals surface area contributed by atoms with Gasteiger partial charge in [-0.2, -0.15) is 0 Å². The fraction of sp³-hybridized carbons (Fsp3) is 0.125. The number of hydrogen-bond acceptors (Lipinski definition) is 8. The van der Waals surface area contributed by atoms with E-state index in [0.29, 0.717) is 5.13 Å². The molecule has 0 bridgehead atoms. The van der Waals surface area contributed by atoms with Crippen LogP contribution in [0.1, 0.15) is 0 Å². The quantitative estimate of drug-likeness (QED) is 0.497. The van der Waals surface area contributed by atoms with E-state index in [1.54, 1.807) is 12.1 Å². The van der Waals surface area contributed by atoms with E-state index in [1.807, 2.05) is 6.07 Å². The lowest BCUT2D eigenvalue weighted by atomic mass is 10.3. The van der Waals surface area contributed by atoms with E-state index in [2.05, 4.69) is 14.4 Å². The summed E-state index contributed by atoms with van der Waals surface area (Å²) in [5.41, 5.74) is 0.743. The smallest absolute Gasteiger partial charge is 0.210 e. The molecular weight excluding hydrogens is 252 g/mol. The lowest BCUT2D eigenvalue weighted by Gasteiger charge is -2.02. The third kappa shape index (κ3) is 2.43. The summed E-state index contributed by atoms with van der Waals surface area (Å²) < 4.78 is 5.26. The van der Waals surface area contributed by atoms with Crippen LogP contribution in [0.3, 0.4) is 0 Å². The van der Waals surface area contributed by atoms with Crippen LogP contribution in [0.25, 0.3) is 10.2 Å². The van der Waals surface area contributed by atoms with E-state index in [0.717, 1.165) is 32.2 Å². The Morgan fingerprint density at radius 2 is 2.31 bits per heavy atom. The van der Waals surface area contributed by atoms with Gasteiger partial charge in [-0.1, -0.05) is 16.4 Å². The van der Waals surface area contributed by atoms with Crippen molar-refractivity contribution in [1.29, 1.82) is 0 Å². The summed E-state index contributed by atoms with van der Waals surface area (Å²) in [4.78, 5) is 4.94. The average molecular weight is 260 g/mol. The highest BCUT2D eigenvalue weighted by Gasteiger charge is 2.07. The molecule has 6 nitrogen and oxygen atoms in total. The highest BCUT2D eigenvalue weighted by molar-refractivity contribution is 7.94. The standard InChI is InChI=1S/C8H8N2O4S2/c1-10(11)8-9-6-4-5(16-14-13-12)2-3-7(6)15-8/h2-4,11-12H,1H3. The average Bonchev–Trinajstić information content (AvgIpc) is 2.69. The minimum absolute atomic E-state index is 0.511. The third-order valence-corrected chi connectivity index (χ3v) is 3.46. The molecule has 2 rings (SSSR count). The number of rotatable bonds is 4. The SMILES string of the molecule is CN(O)c1nc2cc(SOOO)ccc2s1.